The van der Waals surface area contributed by atoms with Crippen LogP contribution in [0.5, 0.6) is 0 Å². The summed E-state index contributed by atoms with van der Waals surface area (Å²) in [7, 11) is 0. The van der Waals surface area contributed by atoms with E-state index in [1.807, 2.05) is 0 Å². The Hall–Kier alpha value is -2.23. The zero-order valence-electron chi connectivity index (χ0n) is 9.30. The number of carboxylic acid groups (broad SMARTS) is 1. The van der Waals surface area contributed by atoms with E-state index in [1.165, 1.54) is 6.07 Å². The lowest BCUT2D eigenvalue weighted by Gasteiger charge is -2.05. The molecule has 2 rings (SSSR count). The smallest absolute Gasteiger partial charge is 0.336 e. The van der Waals surface area contributed by atoms with Gasteiger partial charge in [0, 0.05) is 11.8 Å². The van der Waals surface area contributed by atoms with Gasteiger partial charge in [-0.1, -0.05) is 25.1 Å². The Labute approximate surface area is 97.9 Å². The summed E-state index contributed by atoms with van der Waals surface area (Å²) in [4.78, 5) is 26.9. The van der Waals surface area contributed by atoms with Crippen LogP contribution in [-0.2, 0) is 0 Å². The molecule has 0 aliphatic carbocycles. The molecule has 4 nitrogen and oxygen atoms in total. The van der Waals surface area contributed by atoms with E-state index in [4.69, 9.17) is 5.11 Å². The van der Waals surface area contributed by atoms with Gasteiger partial charge in [-0.25, -0.2) is 9.78 Å². The van der Waals surface area contributed by atoms with Crippen LogP contribution < -0.4 is 0 Å². The normalized spacial score (nSPS) is 10.4. The van der Waals surface area contributed by atoms with E-state index in [-0.39, 0.29) is 17.0 Å². The van der Waals surface area contributed by atoms with Gasteiger partial charge in [0.2, 0.25) is 0 Å². The molecule has 86 valence electrons. The van der Waals surface area contributed by atoms with Crippen molar-refractivity contribution in [3.05, 3.63) is 41.6 Å². The highest BCUT2D eigenvalue weighted by Gasteiger charge is 2.14. The van der Waals surface area contributed by atoms with Crippen LogP contribution in [0.2, 0.25) is 0 Å². The van der Waals surface area contributed by atoms with Crippen molar-refractivity contribution in [3.63, 3.8) is 0 Å². The van der Waals surface area contributed by atoms with Crippen molar-refractivity contribution >= 4 is 22.7 Å². The predicted molar refractivity (Wildman–Crippen MR) is 63.3 cm³/mol. The van der Waals surface area contributed by atoms with E-state index < -0.39 is 5.97 Å². The number of nitrogens with zero attached hydrogens (tertiary/aromatic N) is 1. The van der Waals surface area contributed by atoms with Crippen LogP contribution in [-0.4, -0.2) is 21.8 Å². The first-order valence-corrected chi connectivity index (χ1v) is 5.29. The topological polar surface area (TPSA) is 67.3 Å². The van der Waals surface area contributed by atoms with Gasteiger partial charge in [0.05, 0.1) is 11.1 Å². The first-order valence-electron chi connectivity index (χ1n) is 5.29. The average molecular weight is 229 g/mol. The molecule has 4 heteroatoms. The van der Waals surface area contributed by atoms with Crippen LogP contribution in [0.25, 0.3) is 10.9 Å². The molecule has 0 bridgehead atoms. The molecule has 17 heavy (non-hydrogen) atoms. The van der Waals surface area contributed by atoms with Crippen molar-refractivity contribution in [1.82, 2.24) is 4.98 Å². The lowest BCUT2D eigenvalue weighted by atomic mass is 10.1. The molecular formula is C13H11NO3. The summed E-state index contributed by atoms with van der Waals surface area (Å²) in [6.07, 6.45) is 0.310. The Bertz CT molecular complexity index is 605. The molecule has 0 spiro atoms. The summed E-state index contributed by atoms with van der Waals surface area (Å²) in [6, 6.07) is 8.25. The van der Waals surface area contributed by atoms with Gasteiger partial charge in [0.1, 0.15) is 5.69 Å². The number of pyridine rings is 1. The number of benzene rings is 1. The number of ketones is 1. The number of aromatic carboxylic acids is 1. The molecule has 1 heterocycles. The largest absolute Gasteiger partial charge is 0.478 e. The second kappa shape index (κ2) is 4.33. The maximum atomic E-state index is 11.6. The van der Waals surface area contributed by atoms with Crippen molar-refractivity contribution in [1.29, 1.82) is 0 Å². The Morgan fingerprint density at radius 3 is 2.65 bits per heavy atom. The molecule has 0 amide bonds. The number of para-hydroxylation sites is 1. The van der Waals surface area contributed by atoms with Crippen LogP contribution in [0, 0.1) is 0 Å². The van der Waals surface area contributed by atoms with E-state index in [9.17, 15) is 9.59 Å². The second-order valence-corrected chi connectivity index (χ2v) is 3.65. The maximum Gasteiger partial charge on any atom is 0.336 e. The van der Waals surface area contributed by atoms with Crippen molar-refractivity contribution in [2.75, 3.05) is 0 Å². The van der Waals surface area contributed by atoms with E-state index >= 15 is 0 Å². The molecule has 0 atom stereocenters. The third-order valence-corrected chi connectivity index (χ3v) is 2.55. The van der Waals surface area contributed by atoms with Crippen LogP contribution >= 0.6 is 0 Å². The fraction of sp³-hybridized carbons (Fsp3) is 0.154. The van der Waals surface area contributed by atoms with Crippen molar-refractivity contribution < 1.29 is 14.7 Å². The number of aromatic nitrogens is 1. The van der Waals surface area contributed by atoms with Gasteiger partial charge in [-0.3, -0.25) is 4.79 Å². The second-order valence-electron chi connectivity index (χ2n) is 3.65. The van der Waals surface area contributed by atoms with Crippen molar-refractivity contribution in [2.45, 2.75) is 13.3 Å². The van der Waals surface area contributed by atoms with E-state index in [2.05, 4.69) is 4.98 Å². The molecule has 0 aliphatic heterocycles. The maximum absolute atomic E-state index is 11.6. The van der Waals surface area contributed by atoms with Crippen LogP contribution in [0.3, 0.4) is 0 Å². The third kappa shape index (κ3) is 2.01. The summed E-state index contributed by atoms with van der Waals surface area (Å²) >= 11 is 0. The Kier molecular flexibility index (Phi) is 2.87. The molecule has 0 unspecified atom stereocenters. The average Bonchev–Trinajstić information content (AvgIpc) is 2.36. The van der Waals surface area contributed by atoms with Gasteiger partial charge >= 0.3 is 5.97 Å². The highest BCUT2D eigenvalue weighted by atomic mass is 16.4. The van der Waals surface area contributed by atoms with Gasteiger partial charge in [0.25, 0.3) is 0 Å². The molecule has 0 saturated heterocycles. The van der Waals surface area contributed by atoms with Crippen LogP contribution in [0.15, 0.2) is 30.3 Å². The fourth-order valence-electron chi connectivity index (χ4n) is 1.68. The lowest BCUT2D eigenvalue weighted by molar-refractivity contribution is 0.0699. The highest BCUT2D eigenvalue weighted by Crippen LogP contribution is 2.19. The third-order valence-electron chi connectivity index (χ3n) is 2.55. The number of carbonyl (C=O) groups is 2. The fourth-order valence-corrected chi connectivity index (χ4v) is 1.68. The quantitative estimate of drug-likeness (QED) is 0.821. The molecule has 2 aromatic rings. The number of hydrogen-bond donors (Lipinski definition) is 1. The van der Waals surface area contributed by atoms with Gasteiger partial charge in [-0.15, -0.1) is 0 Å². The van der Waals surface area contributed by atoms with Gasteiger partial charge in [0.15, 0.2) is 5.78 Å². The number of hydrogen-bond acceptors (Lipinski definition) is 3. The molecule has 0 radical (unpaired) electrons. The van der Waals surface area contributed by atoms with Crippen molar-refractivity contribution in [3.8, 4) is 0 Å². The summed E-state index contributed by atoms with van der Waals surface area (Å²) in [5, 5.41) is 9.67. The Morgan fingerprint density at radius 2 is 2.00 bits per heavy atom. The molecule has 0 aliphatic rings. The molecule has 0 saturated carbocycles. The standard InChI is InChI=1S/C13H11NO3/c1-2-12(15)11-7-9(13(16)17)8-5-3-4-6-10(8)14-11/h3-7H,2H2,1H3,(H,16,17). The van der Waals surface area contributed by atoms with E-state index in [0.717, 1.165) is 0 Å². The lowest BCUT2D eigenvalue weighted by Crippen LogP contribution is -2.06. The van der Waals surface area contributed by atoms with Crippen molar-refractivity contribution in [2.24, 2.45) is 0 Å². The van der Waals surface area contributed by atoms with Crippen LogP contribution in [0.1, 0.15) is 34.2 Å². The Morgan fingerprint density at radius 1 is 1.29 bits per heavy atom. The van der Waals surface area contributed by atoms with Crippen LogP contribution in [0.4, 0.5) is 0 Å². The Balaban J connectivity index is 2.76. The molecule has 1 aromatic heterocycles. The molecule has 1 N–H and O–H groups in total. The summed E-state index contributed by atoms with van der Waals surface area (Å²) in [6.45, 7) is 1.72. The van der Waals surface area contributed by atoms with Gasteiger partial charge in [-0.2, -0.15) is 0 Å². The summed E-state index contributed by atoms with van der Waals surface area (Å²) < 4.78 is 0. The molecule has 1 aromatic carbocycles. The monoisotopic (exact) mass is 229 g/mol. The number of carbonyl (C=O) groups excluding carboxylic acids is 1. The number of rotatable bonds is 3. The first-order chi connectivity index (χ1) is 8.13. The first kappa shape index (κ1) is 11.3. The zero-order valence-corrected chi connectivity index (χ0v) is 9.30. The number of Topliss-reactive ketones (excluding diaryl/α,β-unsaturated/α-hetero) is 1. The highest BCUT2D eigenvalue weighted by molar-refractivity contribution is 6.06. The molecular weight excluding hydrogens is 218 g/mol. The summed E-state index contributed by atoms with van der Waals surface area (Å²) in [5.74, 6) is -1.20. The van der Waals surface area contributed by atoms with E-state index in [0.29, 0.717) is 17.3 Å². The SMILES string of the molecule is CCC(=O)c1cc(C(=O)O)c2ccccc2n1. The minimum atomic E-state index is -1.05. The van der Waals surface area contributed by atoms with E-state index in [1.54, 1.807) is 31.2 Å². The van der Waals surface area contributed by atoms with Gasteiger partial charge < -0.3 is 5.11 Å². The molecule has 0 fully saturated rings. The number of fused-ring (bicyclic) bond motifs is 1. The minimum Gasteiger partial charge on any atom is -0.478 e. The zero-order chi connectivity index (χ0) is 12.4. The number of carboxylic acids is 1. The van der Waals surface area contributed by atoms with Gasteiger partial charge in [-0.05, 0) is 12.1 Å². The predicted octanol–water partition coefficient (Wildman–Crippen LogP) is 2.53. The summed E-state index contributed by atoms with van der Waals surface area (Å²) in [5.41, 5.74) is 0.861. The minimum absolute atomic E-state index is 0.118.